The van der Waals surface area contributed by atoms with Gasteiger partial charge in [0.05, 0.1) is 18.4 Å². The molecule has 0 saturated heterocycles. The summed E-state index contributed by atoms with van der Waals surface area (Å²) in [6.45, 7) is 0.548. The molecular formula is C21H23ClF3N5O3. The van der Waals surface area contributed by atoms with Crippen LogP contribution in [0.15, 0.2) is 16.5 Å². The van der Waals surface area contributed by atoms with E-state index in [4.69, 9.17) is 20.8 Å². The van der Waals surface area contributed by atoms with Crippen molar-refractivity contribution in [2.75, 3.05) is 30.9 Å². The second kappa shape index (κ2) is 9.22. The summed E-state index contributed by atoms with van der Waals surface area (Å²) in [6, 6.07) is 3.41. The van der Waals surface area contributed by atoms with Crippen molar-refractivity contribution in [2.24, 2.45) is 5.92 Å². The van der Waals surface area contributed by atoms with E-state index in [0.717, 1.165) is 18.2 Å². The summed E-state index contributed by atoms with van der Waals surface area (Å²) >= 11 is 6.43. The number of furan rings is 1. The van der Waals surface area contributed by atoms with Crippen molar-refractivity contribution in [3.8, 4) is 17.2 Å². The van der Waals surface area contributed by atoms with Crippen LogP contribution in [0, 0.1) is 12.8 Å². The van der Waals surface area contributed by atoms with Gasteiger partial charge < -0.3 is 24.9 Å². The molecule has 2 atom stereocenters. The Bertz CT molecular complexity index is 1150. The summed E-state index contributed by atoms with van der Waals surface area (Å²) in [6.07, 6.45) is -2.14. The topological polar surface area (TPSA) is 105 Å². The number of nitrogens with zero attached hydrogens (tertiary/aromatic N) is 3. The van der Waals surface area contributed by atoms with Crippen molar-refractivity contribution >= 4 is 34.3 Å². The normalized spacial score (nSPS) is 18.6. The average Bonchev–Trinajstić information content (AvgIpc) is 3.38. The maximum atomic E-state index is 12.7. The van der Waals surface area contributed by atoms with Gasteiger partial charge in [0.2, 0.25) is 11.8 Å². The van der Waals surface area contributed by atoms with Crippen LogP contribution >= 0.6 is 11.6 Å². The van der Waals surface area contributed by atoms with Gasteiger partial charge >= 0.3 is 6.18 Å². The van der Waals surface area contributed by atoms with Crippen molar-refractivity contribution in [3.05, 3.63) is 23.0 Å². The first-order chi connectivity index (χ1) is 15.7. The van der Waals surface area contributed by atoms with Crippen molar-refractivity contribution in [3.63, 3.8) is 0 Å². The van der Waals surface area contributed by atoms with Crippen LogP contribution in [0.2, 0.25) is 5.15 Å². The molecule has 12 heteroatoms. The fraction of sp³-hybridized carbons (Fsp3) is 0.476. The van der Waals surface area contributed by atoms with E-state index >= 15 is 0 Å². The highest BCUT2D eigenvalue weighted by atomic mass is 35.5. The van der Waals surface area contributed by atoms with Gasteiger partial charge in [0.1, 0.15) is 23.3 Å². The Kier molecular flexibility index (Phi) is 6.53. The van der Waals surface area contributed by atoms with Gasteiger partial charge in [-0.1, -0.05) is 11.6 Å². The smallest absolute Gasteiger partial charge is 0.405 e. The number of aliphatic hydroxyl groups excluding tert-OH is 1. The molecule has 3 N–H and O–H groups in total. The average molecular weight is 486 g/mol. The molecule has 0 amide bonds. The number of fused-ring (bicyclic) bond motifs is 1. The number of hydrogen-bond donors (Lipinski definition) is 3. The zero-order valence-corrected chi connectivity index (χ0v) is 18.7. The minimum Gasteiger partial charge on any atom is -0.481 e. The Labute approximate surface area is 192 Å². The van der Waals surface area contributed by atoms with Gasteiger partial charge in [0.25, 0.3) is 0 Å². The molecular weight excluding hydrogens is 463 g/mol. The van der Waals surface area contributed by atoms with Crippen molar-refractivity contribution in [1.82, 2.24) is 15.0 Å². The van der Waals surface area contributed by atoms with E-state index in [1.165, 1.54) is 7.11 Å². The standard InChI is InChI=1S/C21H23ClF3N5O3/c1-10-17-12(7-15(27-10)32-2)6-14(33-17)16-18(22)29-20(26-9-21(23,24)25)30-19(16)28-13-4-3-11(5-13)8-31/h6-7,11,13,31H,3-5,8-9H2,1-2H3,(H2,26,28,29,30)/t11-,13+/m1/s1. The highest BCUT2D eigenvalue weighted by Gasteiger charge is 2.29. The third-order valence-corrected chi connectivity index (χ3v) is 5.83. The lowest BCUT2D eigenvalue weighted by molar-refractivity contribution is -0.115. The molecule has 33 heavy (non-hydrogen) atoms. The predicted octanol–water partition coefficient (Wildman–Crippen LogP) is 4.80. The highest BCUT2D eigenvalue weighted by molar-refractivity contribution is 6.32. The minimum absolute atomic E-state index is 0.0322. The Hall–Kier alpha value is -2.79. The van der Waals surface area contributed by atoms with E-state index < -0.39 is 12.7 Å². The fourth-order valence-corrected chi connectivity index (χ4v) is 4.25. The second-order valence-corrected chi connectivity index (χ2v) is 8.37. The maximum Gasteiger partial charge on any atom is 0.405 e. The van der Waals surface area contributed by atoms with Crippen LogP contribution in [-0.2, 0) is 0 Å². The molecule has 8 nitrogen and oxygen atoms in total. The molecule has 0 radical (unpaired) electrons. The molecule has 1 aliphatic carbocycles. The second-order valence-electron chi connectivity index (χ2n) is 8.01. The van der Waals surface area contributed by atoms with E-state index in [2.05, 4.69) is 25.6 Å². The monoisotopic (exact) mass is 485 g/mol. The number of alkyl halides is 3. The number of anilines is 2. The predicted molar refractivity (Wildman–Crippen MR) is 118 cm³/mol. The minimum atomic E-state index is -4.44. The molecule has 0 bridgehead atoms. The number of rotatable bonds is 7. The van der Waals surface area contributed by atoms with Crippen LogP contribution in [0.3, 0.4) is 0 Å². The molecule has 3 aromatic rings. The molecule has 178 valence electrons. The molecule has 0 unspecified atom stereocenters. The summed E-state index contributed by atoms with van der Waals surface area (Å²) < 4.78 is 49.3. The Morgan fingerprint density at radius 3 is 2.70 bits per heavy atom. The van der Waals surface area contributed by atoms with Crippen LogP contribution in [0.25, 0.3) is 22.3 Å². The molecule has 1 fully saturated rings. The number of pyridine rings is 1. The van der Waals surface area contributed by atoms with Crippen molar-refractivity contribution < 1.29 is 27.4 Å². The molecule has 3 heterocycles. The van der Waals surface area contributed by atoms with Crippen molar-refractivity contribution in [2.45, 2.75) is 38.4 Å². The van der Waals surface area contributed by atoms with Crippen LogP contribution in [-0.4, -0.2) is 52.5 Å². The molecule has 1 aliphatic rings. The van der Waals surface area contributed by atoms with Gasteiger partial charge in [-0.05, 0) is 38.2 Å². The van der Waals surface area contributed by atoms with E-state index in [9.17, 15) is 18.3 Å². The molecule has 4 rings (SSSR count). The zero-order valence-electron chi connectivity index (χ0n) is 18.0. The van der Waals surface area contributed by atoms with E-state index in [-0.39, 0.29) is 35.5 Å². The number of hydrogen-bond acceptors (Lipinski definition) is 8. The first-order valence-corrected chi connectivity index (χ1v) is 10.8. The largest absolute Gasteiger partial charge is 0.481 e. The maximum absolute atomic E-state index is 12.7. The first kappa shape index (κ1) is 23.4. The molecule has 1 saturated carbocycles. The number of aliphatic hydroxyl groups is 1. The number of aromatic nitrogens is 3. The number of aryl methyl sites for hydroxylation is 1. The van der Waals surface area contributed by atoms with Gasteiger partial charge in [0, 0.05) is 24.1 Å². The molecule has 0 aliphatic heterocycles. The summed E-state index contributed by atoms with van der Waals surface area (Å²) in [5, 5.41) is 15.5. The van der Waals surface area contributed by atoms with Crippen LogP contribution in [0.5, 0.6) is 5.88 Å². The highest BCUT2D eigenvalue weighted by Crippen LogP contribution is 2.39. The number of methoxy groups -OCH3 is 1. The van der Waals surface area contributed by atoms with E-state index in [1.54, 1.807) is 19.1 Å². The Balaban J connectivity index is 1.75. The van der Waals surface area contributed by atoms with Gasteiger partial charge in [-0.2, -0.15) is 18.2 Å². The molecule has 0 spiro atoms. The van der Waals surface area contributed by atoms with Gasteiger partial charge in [-0.25, -0.2) is 9.97 Å². The van der Waals surface area contributed by atoms with E-state index in [0.29, 0.717) is 34.9 Å². The fourth-order valence-electron chi connectivity index (χ4n) is 3.98. The van der Waals surface area contributed by atoms with Gasteiger partial charge in [-0.15, -0.1) is 0 Å². The Morgan fingerprint density at radius 2 is 2.03 bits per heavy atom. The van der Waals surface area contributed by atoms with Crippen LogP contribution in [0.1, 0.15) is 25.0 Å². The third kappa shape index (κ3) is 5.25. The Morgan fingerprint density at radius 1 is 1.24 bits per heavy atom. The summed E-state index contributed by atoms with van der Waals surface area (Å²) in [5.41, 5.74) is 1.46. The zero-order chi connectivity index (χ0) is 23.8. The number of halogens is 4. The lowest BCUT2D eigenvalue weighted by Crippen LogP contribution is -2.23. The van der Waals surface area contributed by atoms with Crippen LogP contribution in [0.4, 0.5) is 24.9 Å². The van der Waals surface area contributed by atoms with Gasteiger partial charge in [0.15, 0.2) is 5.58 Å². The SMILES string of the molecule is COc1cc2cc(-c3c(Cl)nc(NCC(F)(F)F)nc3N[C@H]3CC[C@@H](CO)C3)oc2c(C)n1. The first-order valence-electron chi connectivity index (χ1n) is 10.4. The quantitative estimate of drug-likeness (QED) is 0.410. The van der Waals surface area contributed by atoms with Gasteiger partial charge in [-0.3, -0.25) is 0 Å². The summed E-state index contributed by atoms with van der Waals surface area (Å²) in [7, 11) is 1.51. The number of ether oxygens (including phenoxy) is 1. The number of nitrogens with one attached hydrogen (secondary N) is 2. The van der Waals surface area contributed by atoms with Crippen molar-refractivity contribution in [1.29, 1.82) is 0 Å². The van der Waals surface area contributed by atoms with Crippen LogP contribution < -0.4 is 15.4 Å². The summed E-state index contributed by atoms with van der Waals surface area (Å²) in [4.78, 5) is 12.6. The lowest BCUT2D eigenvalue weighted by Gasteiger charge is -2.18. The molecule has 0 aromatic carbocycles. The lowest BCUT2D eigenvalue weighted by atomic mass is 10.1. The third-order valence-electron chi connectivity index (χ3n) is 5.55. The van der Waals surface area contributed by atoms with E-state index in [1.807, 2.05) is 0 Å². The summed E-state index contributed by atoms with van der Waals surface area (Å²) in [5.74, 6) is 0.907. The molecule has 3 aromatic heterocycles.